The molecular formula is C11H19N3O2S. The molecule has 0 fully saturated rings. The van der Waals surface area contributed by atoms with E-state index in [9.17, 15) is 4.79 Å². The molecule has 0 bridgehead atoms. The average molecular weight is 257 g/mol. The van der Waals surface area contributed by atoms with Gasteiger partial charge < -0.3 is 5.32 Å². The van der Waals surface area contributed by atoms with Crippen molar-refractivity contribution in [1.82, 2.24) is 5.32 Å². The molecule has 0 spiro atoms. The van der Waals surface area contributed by atoms with Gasteiger partial charge in [0.1, 0.15) is 0 Å². The molecule has 1 aliphatic heterocycles. The van der Waals surface area contributed by atoms with Gasteiger partial charge in [-0.25, -0.2) is 9.79 Å². The van der Waals surface area contributed by atoms with Gasteiger partial charge in [-0.05, 0) is 31.3 Å². The summed E-state index contributed by atoms with van der Waals surface area (Å²) < 4.78 is -0.0426. The number of carbonyl (C=O) groups excluding carboxylic acids is 1. The number of nitrogens with zero attached hydrogens (tertiary/aromatic N) is 2. The lowest BCUT2D eigenvalue weighted by molar-refractivity contribution is 0.153. The molecule has 0 aromatic carbocycles. The SMILES string of the molecule is CNC(=O)ON=C1N=C(C)C(C)(CC(C)C)S1. The van der Waals surface area contributed by atoms with Crippen molar-refractivity contribution in [3.8, 4) is 0 Å². The van der Waals surface area contributed by atoms with Crippen LogP contribution in [0.15, 0.2) is 10.1 Å². The molecule has 1 N–H and O–H groups in total. The monoisotopic (exact) mass is 257 g/mol. The van der Waals surface area contributed by atoms with Crippen LogP contribution in [0.3, 0.4) is 0 Å². The molecule has 1 unspecified atom stereocenters. The van der Waals surface area contributed by atoms with Crippen molar-refractivity contribution in [2.75, 3.05) is 7.05 Å². The summed E-state index contributed by atoms with van der Waals surface area (Å²) in [6.07, 6.45) is 0.440. The third-order valence-electron chi connectivity index (χ3n) is 2.55. The molecule has 0 saturated heterocycles. The average Bonchev–Trinajstić information content (AvgIpc) is 2.50. The van der Waals surface area contributed by atoms with E-state index in [0.717, 1.165) is 12.1 Å². The number of thioether (sulfide) groups is 1. The molecular weight excluding hydrogens is 238 g/mol. The highest BCUT2D eigenvalue weighted by Gasteiger charge is 2.37. The molecule has 1 aliphatic rings. The second-order valence-electron chi connectivity index (χ2n) is 4.63. The van der Waals surface area contributed by atoms with Gasteiger partial charge in [-0.3, -0.25) is 4.84 Å². The number of oxime groups is 1. The number of amides is 1. The van der Waals surface area contributed by atoms with Crippen LogP contribution in [0.4, 0.5) is 4.79 Å². The normalized spacial score (nSPS) is 26.2. The number of aliphatic imine (C=N–C) groups is 1. The second-order valence-corrected chi connectivity index (χ2v) is 6.10. The Hall–Kier alpha value is -1.04. The van der Waals surface area contributed by atoms with Gasteiger partial charge in [0, 0.05) is 12.8 Å². The summed E-state index contributed by atoms with van der Waals surface area (Å²) in [4.78, 5) is 19.8. The number of amidine groups is 1. The Morgan fingerprint density at radius 2 is 2.29 bits per heavy atom. The molecule has 1 amide bonds. The molecule has 0 aromatic rings. The zero-order chi connectivity index (χ0) is 13.1. The van der Waals surface area contributed by atoms with Crippen LogP contribution in [0, 0.1) is 5.92 Å². The molecule has 0 radical (unpaired) electrons. The van der Waals surface area contributed by atoms with E-state index in [4.69, 9.17) is 0 Å². The minimum Gasteiger partial charge on any atom is -0.323 e. The molecule has 1 heterocycles. The highest BCUT2D eigenvalue weighted by Crippen LogP contribution is 2.39. The fourth-order valence-electron chi connectivity index (χ4n) is 1.69. The van der Waals surface area contributed by atoms with Crippen LogP contribution < -0.4 is 5.32 Å². The van der Waals surface area contributed by atoms with Crippen molar-refractivity contribution in [1.29, 1.82) is 0 Å². The number of rotatable bonds is 3. The van der Waals surface area contributed by atoms with Crippen molar-refractivity contribution in [2.45, 2.75) is 38.9 Å². The lowest BCUT2D eigenvalue weighted by Crippen LogP contribution is -2.28. The molecule has 17 heavy (non-hydrogen) atoms. The summed E-state index contributed by atoms with van der Waals surface area (Å²) in [6.45, 7) is 8.47. The first kappa shape index (κ1) is 14.0. The molecule has 5 nitrogen and oxygen atoms in total. The zero-order valence-corrected chi connectivity index (χ0v) is 11.7. The molecule has 0 aliphatic carbocycles. The van der Waals surface area contributed by atoms with E-state index in [1.807, 2.05) is 6.92 Å². The Labute approximate surface area is 106 Å². The van der Waals surface area contributed by atoms with E-state index in [2.05, 4.69) is 41.1 Å². The Morgan fingerprint density at radius 3 is 2.82 bits per heavy atom. The van der Waals surface area contributed by atoms with Crippen molar-refractivity contribution in [2.24, 2.45) is 16.1 Å². The van der Waals surface area contributed by atoms with Crippen molar-refractivity contribution >= 4 is 28.7 Å². The van der Waals surface area contributed by atoms with E-state index >= 15 is 0 Å². The maximum Gasteiger partial charge on any atom is 0.433 e. The van der Waals surface area contributed by atoms with Crippen molar-refractivity contribution in [3.63, 3.8) is 0 Å². The first-order valence-corrected chi connectivity index (χ1v) is 6.40. The van der Waals surface area contributed by atoms with E-state index < -0.39 is 6.09 Å². The first-order valence-electron chi connectivity index (χ1n) is 5.59. The summed E-state index contributed by atoms with van der Waals surface area (Å²) in [7, 11) is 1.49. The van der Waals surface area contributed by atoms with Gasteiger partial charge >= 0.3 is 6.09 Å². The van der Waals surface area contributed by atoms with Gasteiger partial charge in [0.05, 0.1) is 4.75 Å². The summed E-state index contributed by atoms with van der Waals surface area (Å²) >= 11 is 1.54. The Bertz CT molecular complexity index is 366. The van der Waals surface area contributed by atoms with Crippen LogP contribution in [0.25, 0.3) is 0 Å². The Kier molecular flexibility index (Phi) is 4.56. The maximum absolute atomic E-state index is 10.9. The Morgan fingerprint density at radius 1 is 1.65 bits per heavy atom. The number of nitrogens with one attached hydrogen (secondary N) is 1. The predicted octanol–water partition coefficient (Wildman–Crippen LogP) is 2.63. The van der Waals surface area contributed by atoms with Crippen LogP contribution in [-0.4, -0.2) is 28.8 Å². The van der Waals surface area contributed by atoms with Gasteiger partial charge in [-0.1, -0.05) is 25.6 Å². The van der Waals surface area contributed by atoms with Crippen molar-refractivity contribution < 1.29 is 9.63 Å². The standard InChI is InChI=1S/C11H19N3O2S/c1-7(2)6-11(4)8(3)13-9(17-11)14-16-10(15)12-5/h7H,6H2,1-5H3,(H,12,15). The van der Waals surface area contributed by atoms with E-state index in [0.29, 0.717) is 11.1 Å². The van der Waals surface area contributed by atoms with Crippen LogP contribution >= 0.6 is 11.8 Å². The fraction of sp³-hybridized carbons (Fsp3) is 0.727. The highest BCUT2D eigenvalue weighted by atomic mass is 32.2. The van der Waals surface area contributed by atoms with Crippen LogP contribution in [0.2, 0.25) is 0 Å². The lowest BCUT2D eigenvalue weighted by Gasteiger charge is -2.24. The fourth-order valence-corrected chi connectivity index (χ4v) is 2.96. The Balaban J connectivity index is 2.69. The largest absolute Gasteiger partial charge is 0.433 e. The molecule has 0 aromatic heterocycles. The molecule has 96 valence electrons. The summed E-state index contributed by atoms with van der Waals surface area (Å²) in [5.74, 6) is 0.580. The molecule has 0 saturated carbocycles. The molecule has 6 heteroatoms. The second kappa shape index (κ2) is 5.53. The van der Waals surface area contributed by atoms with Crippen LogP contribution in [0.1, 0.15) is 34.1 Å². The molecule has 1 atom stereocenters. The predicted molar refractivity (Wildman–Crippen MR) is 71.5 cm³/mol. The van der Waals surface area contributed by atoms with Crippen LogP contribution in [-0.2, 0) is 4.84 Å². The van der Waals surface area contributed by atoms with Gasteiger partial charge in [-0.15, -0.1) is 0 Å². The van der Waals surface area contributed by atoms with E-state index in [1.165, 1.54) is 7.05 Å². The lowest BCUT2D eigenvalue weighted by atomic mass is 9.94. The number of hydrogen-bond acceptors (Lipinski definition) is 4. The smallest absolute Gasteiger partial charge is 0.323 e. The zero-order valence-electron chi connectivity index (χ0n) is 10.9. The summed E-state index contributed by atoms with van der Waals surface area (Å²) in [6, 6.07) is 0. The first-order chi connectivity index (χ1) is 7.87. The molecule has 1 rings (SSSR count). The summed E-state index contributed by atoms with van der Waals surface area (Å²) in [5.41, 5.74) is 1.02. The van der Waals surface area contributed by atoms with Crippen LogP contribution in [0.5, 0.6) is 0 Å². The minimum atomic E-state index is -0.580. The number of carbonyl (C=O) groups is 1. The van der Waals surface area contributed by atoms with E-state index in [-0.39, 0.29) is 4.75 Å². The summed E-state index contributed by atoms with van der Waals surface area (Å²) in [5, 5.41) is 6.56. The quantitative estimate of drug-likeness (QED) is 0.624. The highest BCUT2D eigenvalue weighted by molar-refractivity contribution is 8.16. The third-order valence-corrected chi connectivity index (χ3v) is 3.81. The minimum absolute atomic E-state index is 0.0426. The van der Waals surface area contributed by atoms with E-state index in [1.54, 1.807) is 11.8 Å². The topological polar surface area (TPSA) is 63.0 Å². The maximum atomic E-state index is 10.9. The number of hydrogen-bond donors (Lipinski definition) is 1. The van der Waals surface area contributed by atoms with Gasteiger partial charge in [0.15, 0.2) is 0 Å². The van der Waals surface area contributed by atoms with Crippen molar-refractivity contribution in [3.05, 3.63) is 0 Å². The van der Waals surface area contributed by atoms with Gasteiger partial charge in [0.2, 0.25) is 5.17 Å². The van der Waals surface area contributed by atoms with Gasteiger partial charge in [-0.2, -0.15) is 0 Å². The van der Waals surface area contributed by atoms with Gasteiger partial charge in [0.25, 0.3) is 0 Å². The third kappa shape index (κ3) is 3.73.